The van der Waals surface area contributed by atoms with Gasteiger partial charge in [-0.25, -0.2) is 9.78 Å². The number of aromatic carboxylic acids is 1. The molecule has 0 atom stereocenters. The molecular formula is C15H15NO3. The fourth-order valence-electron chi connectivity index (χ4n) is 1.71. The minimum absolute atomic E-state index is 0.0401. The van der Waals surface area contributed by atoms with Crippen LogP contribution in [0.3, 0.4) is 0 Å². The average molecular weight is 257 g/mol. The summed E-state index contributed by atoms with van der Waals surface area (Å²) in [5, 5.41) is 8.81. The van der Waals surface area contributed by atoms with Gasteiger partial charge in [0, 0.05) is 11.8 Å². The Bertz CT molecular complexity index is 576. The van der Waals surface area contributed by atoms with E-state index in [2.05, 4.69) is 4.98 Å². The Kier molecular flexibility index (Phi) is 3.80. The van der Waals surface area contributed by atoms with Crippen LogP contribution in [0.15, 0.2) is 42.6 Å². The molecule has 0 radical (unpaired) electrons. The molecule has 1 aromatic carbocycles. The summed E-state index contributed by atoms with van der Waals surface area (Å²) in [4.78, 5) is 14.6. The lowest BCUT2D eigenvalue weighted by molar-refractivity contribution is 0.0690. The zero-order chi connectivity index (χ0) is 13.8. The van der Waals surface area contributed by atoms with Gasteiger partial charge in [0.15, 0.2) is 0 Å². The number of benzene rings is 1. The van der Waals surface area contributed by atoms with Gasteiger partial charge in [-0.15, -0.1) is 0 Å². The summed E-state index contributed by atoms with van der Waals surface area (Å²) in [6, 6.07) is 10.9. The first kappa shape index (κ1) is 13.1. The number of carboxylic acids is 1. The molecule has 19 heavy (non-hydrogen) atoms. The maximum Gasteiger partial charge on any atom is 0.354 e. The van der Waals surface area contributed by atoms with Crippen LogP contribution in [0.25, 0.3) is 11.1 Å². The van der Waals surface area contributed by atoms with Gasteiger partial charge in [0.2, 0.25) is 0 Å². The molecule has 2 rings (SSSR count). The summed E-state index contributed by atoms with van der Waals surface area (Å²) in [5.41, 5.74) is 1.85. The van der Waals surface area contributed by atoms with E-state index in [1.807, 2.05) is 38.1 Å². The molecule has 1 N–H and O–H groups in total. The zero-order valence-corrected chi connectivity index (χ0v) is 10.8. The fourth-order valence-corrected chi connectivity index (χ4v) is 1.71. The fraction of sp³-hybridized carbons (Fsp3) is 0.200. The molecule has 0 aliphatic carbocycles. The third-order valence-corrected chi connectivity index (χ3v) is 2.52. The van der Waals surface area contributed by atoms with Gasteiger partial charge in [-0.2, -0.15) is 0 Å². The van der Waals surface area contributed by atoms with E-state index in [-0.39, 0.29) is 11.8 Å². The van der Waals surface area contributed by atoms with Crippen molar-refractivity contribution in [3.8, 4) is 16.9 Å². The summed E-state index contributed by atoms with van der Waals surface area (Å²) in [6.07, 6.45) is 1.67. The molecule has 98 valence electrons. The van der Waals surface area contributed by atoms with E-state index in [9.17, 15) is 4.79 Å². The lowest BCUT2D eigenvalue weighted by atomic mass is 10.1. The van der Waals surface area contributed by atoms with Crippen LogP contribution >= 0.6 is 0 Å². The predicted octanol–water partition coefficient (Wildman–Crippen LogP) is 3.23. The molecule has 0 unspecified atom stereocenters. The molecule has 0 saturated carbocycles. The summed E-state index contributed by atoms with van der Waals surface area (Å²) in [6.45, 7) is 3.94. The van der Waals surface area contributed by atoms with E-state index < -0.39 is 5.97 Å². The molecule has 1 heterocycles. The van der Waals surface area contributed by atoms with Crippen molar-refractivity contribution >= 4 is 5.97 Å². The Labute approximate surface area is 111 Å². The maximum atomic E-state index is 10.7. The Hall–Kier alpha value is -2.36. The van der Waals surface area contributed by atoms with E-state index in [0.29, 0.717) is 0 Å². The van der Waals surface area contributed by atoms with E-state index in [4.69, 9.17) is 9.84 Å². The Morgan fingerprint density at radius 2 is 2.00 bits per heavy atom. The topological polar surface area (TPSA) is 59.4 Å². The zero-order valence-electron chi connectivity index (χ0n) is 10.8. The Balaban J connectivity index is 2.28. The molecule has 2 aromatic rings. The van der Waals surface area contributed by atoms with E-state index >= 15 is 0 Å². The van der Waals surface area contributed by atoms with Gasteiger partial charge in [0.05, 0.1) is 6.10 Å². The standard InChI is InChI=1S/C15H15NO3/c1-10(2)19-13-5-3-4-11(8-13)12-6-7-14(15(17)18)16-9-12/h3-10H,1-2H3,(H,17,18). The van der Waals surface area contributed by atoms with Crippen LogP contribution in [0, 0.1) is 0 Å². The monoisotopic (exact) mass is 257 g/mol. The number of aromatic nitrogens is 1. The van der Waals surface area contributed by atoms with Crippen LogP contribution in [-0.2, 0) is 0 Å². The molecule has 0 spiro atoms. The Morgan fingerprint density at radius 1 is 1.21 bits per heavy atom. The summed E-state index contributed by atoms with van der Waals surface area (Å²) < 4.78 is 5.62. The van der Waals surface area contributed by atoms with Crippen LogP contribution in [0.5, 0.6) is 5.75 Å². The lowest BCUT2D eigenvalue weighted by Crippen LogP contribution is -2.05. The van der Waals surface area contributed by atoms with Crippen molar-refractivity contribution in [2.45, 2.75) is 20.0 Å². The van der Waals surface area contributed by atoms with E-state index in [0.717, 1.165) is 16.9 Å². The largest absolute Gasteiger partial charge is 0.491 e. The number of hydrogen-bond acceptors (Lipinski definition) is 3. The van der Waals surface area contributed by atoms with Gasteiger partial charge in [0.25, 0.3) is 0 Å². The molecule has 0 bridgehead atoms. The minimum Gasteiger partial charge on any atom is -0.491 e. The van der Waals surface area contributed by atoms with Gasteiger partial charge in [-0.05, 0) is 37.6 Å². The predicted molar refractivity (Wildman–Crippen MR) is 72.4 cm³/mol. The number of carbonyl (C=O) groups is 1. The lowest BCUT2D eigenvalue weighted by Gasteiger charge is -2.10. The van der Waals surface area contributed by atoms with Crippen molar-refractivity contribution in [1.82, 2.24) is 4.98 Å². The highest BCUT2D eigenvalue weighted by atomic mass is 16.5. The second-order valence-electron chi connectivity index (χ2n) is 4.43. The van der Waals surface area contributed by atoms with Crippen LogP contribution in [0.2, 0.25) is 0 Å². The number of pyridine rings is 1. The molecule has 0 amide bonds. The third-order valence-electron chi connectivity index (χ3n) is 2.52. The van der Waals surface area contributed by atoms with Crippen molar-refractivity contribution < 1.29 is 14.6 Å². The van der Waals surface area contributed by atoms with Crippen molar-refractivity contribution in [2.24, 2.45) is 0 Å². The SMILES string of the molecule is CC(C)Oc1cccc(-c2ccc(C(=O)O)nc2)c1. The normalized spacial score (nSPS) is 10.5. The highest BCUT2D eigenvalue weighted by Crippen LogP contribution is 2.24. The van der Waals surface area contributed by atoms with E-state index in [1.165, 1.54) is 6.07 Å². The summed E-state index contributed by atoms with van der Waals surface area (Å²) in [5.74, 6) is -0.238. The van der Waals surface area contributed by atoms with Gasteiger partial charge in [-0.3, -0.25) is 0 Å². The van der Waals surface area contributed by atoms with Gasteiger partial charge in [-0.1, -0.05) is 18.2 Å². The number of nitrogens with zero attached hydrogens (tertiary/aromatic N) is 1. The quantitative estimate of drug-likeness (QED) is 0.913. The van der Waals surface area contributed by atoms with Crippen LogP contribution in [-0.4, -0.2) is 22.2 Å². The Morgan fingerprint density at radius 3 is 2.58 bits per heavy atom. The van der Waals surface area contributed by atoms with Crippen molar-refractivity contribution in [3.05, 3.63) is 48.3 Å². The molecule has 0 fully saturated rings. The highest BCUT2D eigenvalue weighted by molar-refractivity contribution is 5.85. The smallest absolute Gasteiger partial charge is 0.354 e. The molecule has 1 aromatic heterocycles. The molecule has 0 aliphatic rings. The second kappa shape index (κ2) is 5.52. The molecule has 4 heteroatoms. The van der Waals surface area contributed by atoms with Crippen molar-refractivity contribution in [2.75, 3.05) is 0 Å². The molecule has 0 saturated heterocycles. The van der Waals surface area contributed by atoms with Gasteiger partial charge >= 0.3 is 5.97 Å². The van der Waals surface area contributed by atoms with Crippen LogP contribution in [0.4, 0.5) is 0 Å². The first-order valence-corrected chi connectivity index (χ1v) is 6.02. The highest BCUT2D eigenvalue weighted by Gasteiger charge is 2.06. The molecule has 0 aliphatic heterocycles. The first-order chi connectivity index (χ1) is 9.06. The average Bonchev–Trinajstić information content (AvgIpc) is 2.38. The number of ether oxygens (including phenoxy) is 1. The van der Waals surface area contributed by atoms with E-state index in [1.54, 1.807) is 12.3 Å². The number of carboxylic acid groups (broad SMARTS) is 1. The van der Waals surface area contributed by atoms with Crippen LogP contribution in [0.1, 0.15) is 24.3 Å². The summed E-state index contributed by atoms with van der Waals surface area (Å²) in [7, 11) is 0. The maximum absolute atomic E-state index is 10.7. The van der Waals surface area contributed by atoms with Crippen LogP contribution < -0.4 is 4.74 Å². The van der Waals surface area contributed by atoms with Gasteiger partial charge in [0.1, 0.15) is 11.4 Å². The molecular weight excluding hydrogens is 242 g/mol. The first-order valence-electron chi connectivity index (χ1n) is 6.02. The van der Waals surface area contributed by atoms with Crippen molar-refractivity contribution in [1.29, 1.82) is 0 Å². The summed E-state index contributed by atoms with van der Waals surface area (Å²) >= 11 is 0. The molecule has 4 nitrogen and oxygen atoms in total. The van der Waals surface area contributed by atoms with Crippen molar-refractivity contribution in [3.63, 3.8) is 0 Å². The minimum atomic E-state index is -1.02. The van der Waals surface area contributed by atoms with Gasteiger partial charge < -0.3 is 9.84 Å². The number of hydrogen-bond donors (Lipinski definition) is 1. The second-order valence-corrected chi connectivity index (χ2v) is 4.43. The number of rotatable bonds is 4. The third kappa shape index (κ3) is 3.31.